The fraction of sp³-hybridized carbons (Fsp3) is 0.778. The predicted molar refractivity (Wildman–Crippen MR) is 42.6 cm³/mol. The Morgan fingerprint density at radius 2 is 2.40 bits per heavy atom. The maximum absolute atomic E-state index is 6.16. The Kier molecular flexibility index (Phi) is 1.19. The summed E-state index contributed by atoms with van der Waals surface area (Å²) in [6, 6.07) is 0. The summed E-state index contributed by atoms with van der Waals surface area (Å²) in [4.78, 5) is 0. The van der Waals surface area contributed by atoms with E-state index < -0.39 is 0 Å². The van der Waals surface area contributed by atoms with Crippen molar-refractivity contribution in [1.82, 2.24) is 0 Å². The Morgan fingerprint density at radius 3 is 3.00 bits per heavy atom. The minimum Gasteiger partial charge on any atom is -0.322 e. The molecule has 2 aliphatic rings. The summed E-state index contributed by atoms with van der Waals surface area (Å²) in [5, 5.41) is 0. The molecule has 56 valence electrons. The van der Waals surface area contributed by atoms with E-state index in [1.54, 1.807) is 0 Å². The van der Waals surface area contributed by atoms with Gasteiger partial charge in [0.1, 0.15) is 0 Å². The van der Waals surface area contributed by atoms with Crippen LogP contribution in [0.5, 0.6) is 0 Å². The molecule has 2 N–H and O–H groups in total. The summed E-state index contributed by atoms with van der Waals surface area (Å²) in [5.41, 5.74) is 6.23. The van der Waals surface area contributed by atoms with E-state index in [1.807, 2.05) is 0 Å². The summed E-state index contributed by atoms with van der Waals surface area (Å²) >= 11 is 0. The monoisotopic (exact) mass is 137 g/mol. The standard InChI is InChI=1S/C9H15N/c1-7-5-8-3-2-4-9(7,10)6-8/h2,4,7-8H,3,5-6,10H2,1H3/t7?,8?,9-/m0/s1. The quantitative estimate of drug-likeness (QED) is 0.505. The van der Waals surface area contributed by atoms with Gasteiger partial charge in [-0.1, -0.05) is 19.1 Å². The maximum atomic E-state index is 6.16. The van der Waals surface area contributed by atoms with E-state index in [0.717, 1.165) is 5.92 Å². The number of hydrogen-bond donors (Lipinski definition) is 1. The zero-order valence-corrected chi connectivity index (χ0v) is 6.51. The normalized spacial score (nSPS) is 51.8. The van der Waals surface area contributed by atoms with Gasteiger partial charge in [-0.15, -0.1) is 0 Å². The highest BCUT2D eigenvalue weighted by molar-refractivity contribution is 5.16. The molecule has 1 nitrogen and oxygen atoms in total. The first-order chi connectivity index (χ1) is 4.71. The maximum Gasteiger partial charge on any atom is 0.0367 e. The predicted octanol–water partition coefficient (Wildman–Crippen LogP) is 1.69. The van der Waals surface area contributed by atoms with Crippen LogP contribution in [0.25, 0.3) is 0 Å². The Hall–Kier alpha value is -0.300. The molecule has 1 heteroatoms. The van der Waals surface area contributed by atoms with Gasteiger partial charge in [0.15, 0.2) is 0 Å². The number of hydrogen-bond acceptors (Lipinski definition) is 1. The van der Waals surface area contributed by atoms with Gasteiger partial charge in [-0.25, -0.2) is 0 Å². The van der Waals surface area contributed by atoms with Crippen molar-refractivity contribution in [3.05, 3.63) is 12.2 Å². The molecule has 0 spiro atoms. The first kappa shape index (κ1) is 6.41. The van der Waals surface area contributed by atoms with Gasteiger partial charge in [-0.3, -0.25) is 0 Å². The average Bonchev–Trinajstić information content (AvgIpc) is 2.04. The minimum absolute atomic E-state index is 0.0723. The van der Waals surface area contributed by atoms with Gasteiger partial charge >= 0.3 is 0 Å². The van der Waals surface area contributed by atoms with Crippen molar-refractivity contribution < 1.29 is 0 Å². The summed E-state index contributed by atoms with van der Waals surface area (Å²) in [6.45, 7) is 2.27. The van der Waals surface area contributed by atoms with Gasteiger partial charge < -0.3 is 5.73 Å². The molecular formula is C9H15N. The van der Waals surface area contributed by atoms with Crippen LogP contribution in [0.1, 0.15) is 26.2 Å². The van der Waals surface area contributed by atoms with Crippen molar-refractivity contribution in [3.8, 4) is 0 Å². The van der Waals surface area contributed by atoms with Crippen LogP contribution in [0.4, 0.5) is 0 Å². The molecule has 0 heterocycles. The minimum atomic E-state index is 0.0723. The fourth-order valence-corrected chi connectivity index (χ4v) is 2.40. The fourth-order valence-electron chi connectivity index (χ4n) is 2.40. The summed E-state index contributed by atoms with van der Waals surface area (Å²) < 4.78 is 0. The van der Waals surface area contributed by atoms with Crippen LogP contribution < -0.4 is 5.73 Å². The molecule has 3 atom stereocenters. The van der Waals surface area contributed by atoms with Crippen LogP contribution >= 0.6 is 0 Å². The molecule has 0 aromatic heterocycles. The Bertz CT molecular complexity index is 174. The third kappa shape index (κ3) is 0.734. The molecule has 2 bridgehead atoms. The van der Waals surface area contributed by atoms with E-state index >= 15 is 0 Å². The van der Waals surface area contributed by atoms with Crippen LogP contribution in [0, 0.1) is 11.8 Å². The summed E-state index contributed by atoms with van der Waals surface area (Å²) in [5.74, 6) is 1.60. The van der Waals surface area contributed by atoms with E-state index in [0.29, 0.717) is 5.92 Å². The highest BCUT2D eigenvalue weighted by Gasteiger charge is 2.41. The lowest BCUT2D eigenvalue weighted by molar-refractivity contribution is 0.413. The number of fused-ring (bicyclic) bond motifs is 2. The van der Waals surface area contributed by atoms with Crippen LogP contribution in [0.3, 0.4) is 0 Å². The van der Waals surface area contributed by atoms with Crippen LogP contribution in [0.2, 0.25) is 0 Å². The van der Waals surface area contributed by atoms with Crippen molar-refractivity contribution in [2.24, 2.45) is 17.6 Å². The molecule has 1 saturated carbocycles. The molecule has 2 aliphatic carbocycles. The number of allylic oxidation sites excluding steroid dienone is 1. The molecule has 2 unspecified atom stereocenters. The Balaban J connectivity index is 2.30. The smallest absolute Gasteiger partial charge is 0.0367 e. The largest absolute Gasteiger partial charge is 0.322 e. The van der Waals surface area contributed by atoms with Crippen molar-refractivity contribution in [2.45, 2.75) is 31.7 Å². The second kappa shape index (κ2) is 1.85. The molecule has 0 aliphatic heterocycles. The van der Waals surface area contributed by atoms with E-state index in [9.17, 15) is 0 Å². The molecule has 10 heavy (non-hydrogen) atoms. The second-order valence-corrected chi connectivity index (χ2v) is 3.96. The number of rotatable bonds is 0. The van der Waals surface area contributed by atoms with E-state index in [4.69, 9.17) is 5.73 Å². The van der Waals surface area contributed by atoms with Gasteiger partial charge in [-0.05, 0) is 31.1 Å². The first-order valence-electron chi connectivity index (χ1n) is 4.17. The topological polar surface area (TPSA) is 26.0 Å². The van der Waals surface area contributed by atoms with Crippen molar-refractivity contribution in [1.29, 1.82) is 0 Å². The highest BCUT2D eigenvalue weighted by atomic mass is 14.8. The zero-order valence-electron chi connectivity index (χ0n) is 6.51. The third-order valence-electron chi connectivity index (χ3n) is 3.14. The first-order valence-corrected chi connectivity index (χ1v) is 4.17. The van der Waals surface area contributed by atoms with Crippen LogP contribution in [-0.2, 0) is 0 Å². The molecule has 0 radical (unpaired) electrons. The van der Waals surface area contributed by atoms with Crippen molar-refractivity contribution >= 4 is 0 Å². The summed E-state index contributed by atoms with van der Waals surface area (Å²) in [7, 11) is 0. The Morgan fingerprint density at radius 1 is 1.60 bits per heavy atom. The van der Waals surface area contributed by atoms with Crippen molar-refractivity contribution in [3.63, 3.8) is 0 Å². The molecule has 2 rings (SSSR count). The van der Waals surface area contributed by atoms with Gasteiger partial charge in [0, 0.05) is 5.54 Å². The molecule has 0 aromatic carbocycles. The molecule has 0 amide bonds. The lowest BCUT2D eigenvalue weighted by Crippen LogP contribution is -2.40. The highest BCUT2D eigenvalue weighted by Crippen LogP contribution is 2.43. The molecule has 0 saturated heterocycles. The second-order valence-electron chi connectivity index (χ2n) is 3.96. The molecular weight excluding hydrogens is 122 g/mol. The van der Waals surface area contributed by atoms with Gasteiger partial charge in [0.2, 0.25) is 0 Å². The van der Waals surface area contributed by atoms with E-state index in [1.165, 1.54) is 19.3 Å². The lowest BCUT2D eigenvalue weighted by Gasteiger charge is -2.26. The van der Waals surface area contributed by atoms with Gasteiger partial charge in [0.05, 0.1) is 0 Å². The lowest BCUT2D eigenvalue weighted by atomic mass is 9.86. The summed E-state index contributed by atoms with van der Waals surface area (Å²) in [6.07, 6.45) is 8.32. The Labute approximate surface area is 62.3 Å². The van der Waals surface area contributed by atoms with Crippen LogP contribution in [-0.4, -0.2) is 5.54 Å². The van der Waals surface area contributed by atoms with Gasteiger partial charge in [0.25, 0.3) is 0 Å². The average molecular weight is 137 g/mol. The van der Waals surface area contributed by atoms with Crippen molar-refractivity contribution in [2.75, 3.05) is 0 Å². The SMILES string of the molecule is CC1CC2CC=C[C@]1(N)C2. The number of nitrogens with two attached hydrogens (primary N) is 1. The zero-order chi connectivity index (χ0) is 7.19. The van der Waals surface area contributed by atoms with E-state index in [-0.39, 0.29) is 5.54 Å². The van der Waals surface area contributed by atoms with Gasteiger partial charge in [-0.2, -0.15) is 0 Å². The third-order valence-corrected chi connectivity index (χ3v) is 3.14. The molecule has 1 fully saturated rings. The molecule has 0 aromatic rings. The van der Waals surface area contributed by atoms with Crippen LogP contribution in [0.15, 0.2) is 12.2 Å². The van der Waals surface area contributed by atoms with E-state index in [2.05, 4.69) is 19.1 Å².